The lowest BCUT2D eigenvalue weighted by Crippen LogP contribution is -2.30. The topological polar surface area (TPSA) is 70.3 Å². The van der Waals surface area contributed by atoms with Crippen LogP contribution in [-0.4, -0.2) is 30.5 Å². The summed E-state index contributed by atoms with van der Waals surface area (Å²) in [4.78, 5) is 7.95. The summed E-state index contributed by atoms with van der Waals surface area (Å²) in [6.07, 6.45) is 4.27. The van der Waals surface area contributed by atoms with Gasteiger partial charge in [-0.1, -0.05) is 0 Å². The number of methoxy groups -OCH3 is 2. The highest BCUT2D eigenvalue weighted by Crippen LogP contribution is 2.12. The lowest BCUT2D eigenvalue weighted by molar-refractivity contribution is -0.118. The zero-order valence-corrected chi connectivity index (χ0v) is 7.68. The summed E-state index contributed by atoms with van der Waals surface area (Å²) in [7, 11) is 3.06. The number of ether oxygens (including phenoxy) is 2. The maximum Gasteiger partial charge on any atom is 0.177 e. The molecule has 0 fully saturated rings. The van der Waals surface area contributed by atoms with Crippen molar-refractivity contribution in [2.75, 3.05) is 14.2 Å². The van der Waals surface area contributed by atoms with Crippen LogP contribution in [0.3, 0.4) is 0 Å². The van der Waals surface area contributed by atoms with Crippen molar-refractivity contribution in [2.45, 2.75) is 12.3 Å². The van der Waals surface area contributed by atoms with E-state index in [1.807, 2.05) is 0 Å². The predicted molar refractivity (Wildman–Crippen MR) is 46.8 cm³/mol. The number of rotatable bonds is 4. The van der Waals surface area contributed by atoms with Gasteiger partial charge in [0.1, 0.15) is 6.04 Å². The Morgan fingerprint density at radius 3 is 2.46 bits per heavy atom. The molecule has 0 aromatic carbocycles. The van der Waals surface area contributed by atoms with Crippen LogP contribution in [-0.2, 0) is 9.47 Å². The summed E-state index contributed by atoms with van der Waals surface area (Å²) in [5.74, 6) is 0. The zero-order chi connectivity index (χ0) is 9.68. The highest BCUT2D eigenvalue weighted by Gasteiger charge is 2.19. The molecule has 0 spiro atoms. The molecule has 0 saturated heterocycles. The predicted octanol–water partition coefficient (Wildman–Crippen LogP) is 0.0953. The van der Waals surface area contributed by atoms with Crippen LogP contribution < -0.4 is 5.73 Å². The SMILES string of the molecule is COC(OC)C(N)c1cnccn1. The summed E-state index contributed by atoms with van der Waals surface area (Å²) in [5.41, 5.74) is 6.46. The van der Waals surface area contributed by atoms with Crippen LogP contribution in [0.4, 0.5) is 0 Å². The minimum atomic E-state index is -0.489. The minimum Gasteiger partial charge on any atom is -0.354 e. The molecule has 1 rings (SSSR count). The van der Waals surface area contributed by atoms with Gasteiger partial charge in [-0.3, -0.25) is 9.97 Å². The Balaban J connectivity index is 2.72. The van der Waals surface area contributed by atoms with Gasteiger partial charge in [-0.25, -0.2) is 0 Å². The molecule has 1 heterocycles. The molecule has 5 nitrogen and oxygen atoms in total. The first-order valence-electron chi connectivity index (χ1n) is 3.86. The maximum atomic E-state index is 5.81. The summed E-state index contributed by atoms with van der Waals surface area (Å²) < 4.78 is 10.0. The van der Waals surface area contributed by atoms with E-state index >= 15 is 0 Å². The molecule has 0 aliphatic heterocycles. The van der Waals surface area contributed by atoms with Crippen molar-refractivity contribution in [1.82, 2.24) is 9.97 Å². The first-order chi connectivity index (χ1) is 6.29. The smallest absolute Gasteiger partial charge is 0.177 e. The van der Waals surface area contributed by atoms with Gasteiger partial charge in [0, 0.05) is 26.6 Å². The molecule has 0 bridgehead atoms. The Morgan fingerprint density at radius 2 is 2.00 bits per heavy atom. The Bertz CT molecular complexity index is 238. The lowest BCUT2D eigenvalue weighted by Gasteiger charge is -2.19. The molecule has 13 heavy (non-hydrogen) atoms. The first-order valence-corrected chi connectivity index (χ1v) is 3.86. The normalized spacial score (nSPS) is 13.2. The Hall–Kier alpha value is -1.04. The van der Waals surface area contributed by atoms with E-state index in [1.165, 1.54) is 14.2 Å². The minimum absolute atomic E-state index is 0.413. The number of nitrogens with two attached hydrogens (primary N) is 1. The van der Waals surface area contributed by atoms with Gasteiger partial charge < -0.3 is 15.2 Å². The Morgan fingerprint density at radius 1 is 1.31 bits per heavy atom. The number of aromatic nitrogens is 2. The largest absolute Gasteiger partial charge is 0.354 e. The van der Waals surface area contributed by atoms with Gasteiger partial charge in [-0.15, -0.1) is 0 Å². The van der Waals surface area contributed by atoms with Gasteiger partial charge in [0.05, 0.1) is 11.9 Å². The standard InChI is InChI=1S/C8H13N3O2/c1-12-8(13-2)7(9)6-5-10-3-4-11-6/h3-5,7-8H,9H2,1-2H3. The highest BCUT2D eigenvalue weighted by molar-refractivity contribution is 5.02. The average molecular weight is 183 g/mol. The molecule has 1 unspecified atom stereocenters. The summed E-state index contributed by atoms with van der Waals surface area (Å²) >= 11 is 0. The molecule has 72 valence electrons. The van der Waals surface area contributed by atoms with Gasteiger partial charge in [0.2, 0.25) is 0 Å². The van der Waals surface area contributed by atoms with E-state index in [1.54, 1.807) is 18.6 Å². The van der Waals surface area contributed by atoms with Crippen molar-refractivity contribution in [1.29, 1.82) is 0 Å². The molecule has 1 aromatic rings. The summed E-state index contributed by atoms with van der Waals surface area (Å²) in [6, 6.07) is -0.413. The second-order valence-corrected chi connectivity index (χ2v) is 2.50. The molecule has 0 aliphatic rings. The fraction of sp³-hybridized carbons (Fsp3) is 0.500. The van der Waals surface area contributed by atoms with Crippen LogP contribution in [0.2, 0.25) is 0 Å². The number of hydrogen-bond acceptors (Lipinski definition) is 5. The van der Waals surface area contributed by atoms with Gasteiger partial charge >= 0.3 is 0 Å². The van der Waals surface area contributed by atoms with E-state index < -0.39 is 12.3 Å². The highest BCUT2D eigenvalue weighted by atomic mass is 16.7. The molecule has 1 atom stereocenters. The van der Waals surface area contributed by atoms with Crippen LogP contribution in [0.5, 0.6) is 0 Å². The Kier molecular flexibility index (Phi) is 3.75. The van der Waals surface area contributed by atoms with Gasteiger partial charge in [-0.05, 0) is 0 Å². The van der Waals surface area contributed by atoms with Crippen LogP contribution in [0.15, 0.2) is 18.6 Å². The summed E-state index contributed by atoms with van der Waals surface area (Å²) in [5, 5.41) is 0. The fourth-order valence-corrected chi connectivity index (χ4v) is 1.01. The second-order valence-electron chi connectivity index (χ2n) is 2.50. The molecular formula is C8H13N3O2. The first kappa shape index (κ1) is 10.0. The van der Waals surface area contributed by atoms with E-state index in [-0.39, 0.29) is 0 Å². The second kappa shape index (κ2) is 4.86. The fourth-order valence-electron chi connectivity index (χ4n) is 1.01. The number of hydrogen-bond donors (Lipinski definition) is 1. The average Bonchev–Trinajstić information content (AvgIpc) is 2.21. The molecule has 0 saturated carbocycles. The van der Waals surface area contributed by atoms with Crippen LogP contribution in [0.1, 0.15) is 11.7 Å². The number of nitrogens with zero attached hydrogens (tertiary/aromatic N) is 2. The van der Waals surface area contributed by atoms with Gasteiger partial charge in [0.15, 0.2) is 6.29 Å². The van der Waals surface area contributed by atoms with E-state index in [4.69, 9.17) is 15.2 Å². The Labute approximate surface area is 76.9 Å². The van der Waals surface area contributed by atoms with E-state index in [9.17, 15) is 0 Å². The molecule has 0 amide bonds. The summed E-state index contributed by atoms with van der Waals surface area (Å²) in [6.45, 7) is 0. The maximum absolute atomic E-state index is 5.81. The van der Waals surface area contributed by atoms with Crippen molar-refractivity contribution in [3.8, 4) is 0 Å². The van der Waals surface area contributed by atoms with E-state index in [0.717, 1.165) is 0 Å². The van der Waals surface area contributed by atoms with Crippen LogP contribution in [0, 0.1) is 0 Å². The van der Waals surface area contributed by atoms with Crippen molar-refractivity contribution < 1.29 is 9.47 Å². The monoisotopic (exact) mass is 183 g/mol. The molecule has 0 aliphatic carbocycles. The van der Waals surface area contributed by atoms with Crippen molar-refractivity contribution in [3.63, 3.8) is 0 Å². The molecular weight excluding hydrogens is 170 g/mol. The van der Waals surface area contributed by atoms with E-state index in [0.29, 0.717) is 5.69 Å². The van der Waals surface area contributed by atoms with Crippen molar-refractivity contribution in [2.24, 2.45) is 5.73 Å². The molecule has 5 heteroatoms. The quantitative estimate of drug-likeness (QED) is 0.670. The molecule has 0 radical (unpaired) electrons. The lowest BCUT2D eigenvalue weighted by atomic mass is 10.2. The van der Waals surface area contributed by atoms with Gasteiger partial charge in [-0.2, -0.15) is 0 Å². The third kappa shape index (κ3) is 2.45. The molecule has 2 N–H and O–H groups in total. The third-order valence-electron chi connectivity index (χ3n) is 1.68. The van der Waals surface area contributed by atoms with Crippen molar-refractivity contribution >= 4 is 0 Å². The molecule has 1 aromatic heterocycles. The van der Waals surface area contributed by atoms with Crippen LogP contribution >= 0.6 is 0 Å². The third-order valence-corrected chi connectivity index (χ3v) is 1.68. The van der Waals surface area contributed by atoms with Crippen molar-refractivity contribution in [3.05, 3.63) is 24.3 Å². The van der Waals surface area contributed by atoms with Crippen LogP contribution in [0.25, 0.3) is 0 Å². The zero-order valence-electron chi connectivity index (χ0n) is 7.68. The van der Waals surface area contributed by atoms with E-state index in [2.05, 4.69) is 9.97 Å². The van der Waals surface area contributed by atoms with Gasteiger partial charge in [0.25, 0.3) is 0 Å².